The Hall–Kier alpha value is -5.82. The molecule has 0 aliphatic carbocycles. The van der Waals surface area contributed by atoms with Gasteiger partial charge in [0.25, 0.3) is 0 Å². The van der Waals surface area contributed by atoms with Crippen molar-refractivity contribution in [1.29, 1.82) is 0 Å². The van der Waals surface area contributed by atoms with Gasteiger partial charge in [-0.25, -0.2) is 9.97 Å². The Bertz CT molecular complexity index is 2550. The molecule has 1 aliphatic rings. The van der Waals surface area contributed by atoms with Gasteiger partial charge in [-0.1, -0.05) is 45.0 Å². The molecule has 7 heteroatoms. The molecule has 0 saturated heterocycles. The fraction of sp³-hybridized carbons (Fsp3) is 0.171. The molecule has 4 aromatic heterocycles. The van der Waals surface area contributed by atoms with Crippen LogP contribution in [0.1, 0.15) is 26.3 Å². The van der Waals surface area contributed by atoms with Crippen molar-refractivity contribution < 1.29 is 4.74 Å². The van der Waals surface area contributed by atoms with E-state index < -0.39 is 0 Å². The zero-order valence-corrected chi connectivity index (χ0v) is 27.8. The largest absolute Gasteiger partial charge is 0.457 e. The second kappa shape index (κ2) is 10.3. The van der Waals surface area contributed by atoms with E-state index in [1.165, 1.54) is 44.0 Å². The first-order valence-corrected chi connectivity index (χ1v) is 16.4. The van der Waals surface area contributed by atoms with Gasteiger partial charge in [0.15, 0.2) is 0 Å². The van der Waals surface area contributed by atoms with Crippen LogP contribution in [0.3, 0.4) is 0 Å². The number of anilines is 3. The van der Waals surface area contributed by atoms with Crippen molar-refractivity contribution >= 4 is 60.8 Å². The molecule has 0 unspecified atom stereocenters. The second-order valence-electron chi connectivity index (χ2n) is 13.8. The number of para-hydroxylation sites is 1. The summed E-state index contributed by atoms with van der Waals surface area (Å²) in [6.07, 6.45) is 3.78. The Kier molecular flexibility index (Phi) is 6.12. The van der Waals surface area contributed by atoms with Gasteiger partial charge < -0.3 is 19.1 Å². The number of benzene rings is 4. The highest BCUT2D eigenvalue weighted by Crippen LogP contribution is 2.47. The molecular formula is C41H36N6O. The average molecular weight is 629 g/mol. The van der Waals surface area contributed by atoms with Crippen molar-refractivity contribution in [3.63, 3.8) is 0 Å². The lowest BCUT2D eigenvalue weighted by molar-refractivity contribution is 0.483. The SMILES string of the molecule is CN1CN(c2cccc(Oc3ccc4c5ccccc5n(-c5cc(C(C)(C)C)ccn5)c4c3)c2)c2ccc3c4cccnc4n(C)c3c21. The van der Waals surface area contributed by atoms with Crippen LogP contribution in [-0.2, 0) is 12.5 Å². The Labute approximate surface area is 279 Å². The maximum absolute atomic E-state index is 6.61. The van der Waals surface area contributed by atoms with Gasteiger partial charge in [0, 0.05) is 65.9 Å². The second-order valence-corrected chi connectivity index (χ2v) is 13.8. The van der Waals surface area contributed by atoms with Gasteiger partial charge >= 0.3 is 0 Å². The highest BCUT2D eigenvalue weighted by atomic mass is 16.5. The quantitative estimate of drug-likeness (QED) is 0.194. The number of hydrogen-bond donors (Lipinski definition) is 0. The molecule has 48 heavy (non-hydrogen) atoms. The summed E-state index contributed by atoms with van der Waals surface area (Å²) in [6, 6.07) is 36.2. The molecule has 0 saturated carbocycles. The van der Waals surface area contributed by atoms with Crippen LogP contribution in [0.2, 0.25) is 0 Å². The van der Waals surface area contributed by atoms with Crippen LogP contribution in [0, 0.1) is 0 Å². The molecule has 0 radical (unpaired) electrons. The molecule has 7 nitrogen and oxygen atoms in total. The Morgan fingerprint density at radius 1 is 0.667 bits per heavy atom. The summed E-state index contributed by atoms with van der Waals surface area (Å²) in [7, 11) is 4.26. The molecular weight excluding hydrogens is 592 g/mol. The zero-order chi connectivity index (χ0) is 32.7. The molecule has 1 aliphatic heterocycles. The van der Waals surface area contributed by atoms with Crippen molar-refractivity contribution in [3.05, 3.63) is 121 Å². The number of rotatable bonds is 4. The summed E-state index contributed by atoms with van der Waals surface area (Å²) in [5, 5.41) is 4.75. The Morgan fingerprint density at radius 3 is 2.33 bits per heavy atom. The van der Waals surface area contributed by atoms with Crippen LogP contribution in [0.25, 0.3) is 49.6 Å². The van der Waals surface area contributed by atoms with Gasteiger partial charge in [0.1, 0.15) is 23.0 Å². The number of hydrogen-bond acceptors (Lipinski definition) is 5. The van der Waals surface area contributed by atoms with Crippen molar-refractivity contribution in [2.45, 2.75) is 26.2 Å². The fourth-order valence-electron chi connectivity index (χ4n) is 7.40. The molecule has 0 atom stereocenters. The van der Waals surface area contributed by atoms with Crippen molar-refractivity contribution in [2.24, 2.45) is 7.05 Å². The maximum Gasteiger partial charge on any atom is 0.140 e. The van der Waals surface area contributed by atoms with E-state index >= 15 is 0 Å². The van der Waals surface area contributed by atoms with Crippen molar-refractivity contribution in [2.75, 3.05) is 23.5 Å². The first-order chi connectivity index (χ1) is 23.3. The molecule has 4 aromatic carbocycles. The fourth-order valence-corrected chi connectivity index (χ4v) is 7.40. The summed E-state index contributed by atoms with van der Waals surface area (Å²) in [5.41, 5.74) is 9.10. The van der Waals surface area contributed by atoms with Crippen LogP contribution in [0.4, 0.5) is 17.1 Å². The summed E-state index contributed by atoms with van der Waals surface area (Å²) in [5.74, 6) is 2.47. The zero-order valence-electron chi connectivity index (χ0n) is 27.8. The topological polar surface area (TPSA) is 51.4 Å². The molecule has 8 aromatic rings. The smallest absolute Gasteiger partial charge is 0.140 e. The van der Waals surface area contributed by atoms with Crippen LogP contribution in [0.5, 0.6) is 11.5 Å². The van der Waals surface area contributed by atoms with E-state index in [-0.39, 0.29) is 5.41 Å². The third-order valence-electron chi connectivity index (χ3n) is 9.74. The third kappa shape index (κ3) is 4.27. The van der Waals surface area contributed by atoms with E-state index in [2.05, 4.69) is 150 Å². The minimum absolute atomic E-state index is 0.0125. The van der Waals surface area contributed by atoms with E-state index in [9.17, 15) is 0 Å². The van der Waals surface area contributed by atoms with Gasteiger partial charge in [-0.2, -0.15) is 0 Å². The van der Waals surface area contributed by atoms with E-state index in [4.69, 9.17) is 9.72 Å². The lowest BCUT2D eigenvalue weighted by Crippen LogP contribution is -2.24. The molecule has 0 bridgehead atoms. The molecule has 5 heterocycles. The van der Waals surface area contributed by atoms with Crippen LogP contribution in [-0.4, -0.2) is 32.8 Å². The van der Waals surface area contributed by atoms with Crippen LogP contribution in [0.15, 0.2) is 116 Å². The molecule has 9 rings (SSSR count). The summed E-state index contributed by atoms with van der Waals surface area (Å²) >= 11 is 0. The van der Waals surface area contributed by atoms with Crippen molar-refractivity contribution in [1.82, 2.24) is 19.1 Å². The predicted molar refractivity (Wildman–Crippen MR) is 197 cm³/mol. The summed E-state index contributed by atoms with van der Waals surface area (Å²) in [4.78, 5) is 14.2. The lowest BCUT2D eigenvalue weighted by Gasteiger charge is -2.20. The van der Waals surface area contributed by atoms with Gasteiger partial charge in [-0.05, 0) is 77.7 Å². The van der Waals surface area contributed by atoms with E-state index in [0.717, 1.165) is 46.4 Å². The summed E-state index contributed by atoms with van der Waals surface area (Å²) < 4.78 is 11.1. The van der Waals surface area contributed by atoms with Crippen LogP contribution >= 0.6 is 0 Å². The minimum Gasteiger partial charge on any atom is -0.457 e. The third-order valence-corrected chi connectivity index (χ3v) is 9.74. The minimum atomic E-state index is 0.0125. The lowest BCUT2D eigenvalue weighted by atomic mass is 9.88. The van der Waals surface area contributed by atoms with Gasteiger partial charge in [0.05, 0.1) is 34.6 Å². The van der Waals surface area contributed by atoms with Crippen LogP contribution < -0.4 is 14.5 Å². The Morgan fingerprint density at radius 2 is 1.46 bits per heavy atom. The Balaban J connectivity index is 1.10. The highest BCUT2D eigenvalue weighted by molar-refractivity contribution is 6.14. The van der Waals surface area contributed by atoms with Crippen molar-refractivity contribution in [3.8, 4) is 17.3 Å². The number of aryl methyl sites for hydroxylation is 1. The monoisotopic (exact) mass is 628 g/mol. The highest BCUT2D eigenvalue weighted by Gasteiger charge is 2.29. The number of nitrogens with zero attached hydrogens (tertiary/aromatic N) is 6. The standard InChI is InChI=1S/C41H36N6O/c1-41(2,3)26-19-21-42-37(22-26)47-34-14-7-6-12-30(34)31-16-15-29(24-36(31)47)48-28-11-8-10-27(23-28)46-25-44(4)39-35(46)18-17-32-33-13-9-20-43-40(33)45(5)38(32)39/h6-24H,25H2,1-5H3. The molecule has 0 amide bonds. The number of aromatic nitrogens is 4. The average Bonchev–Trinajstić information content (AvgIpc) is 3.71. The molecule has 236 valence electrons. The van der Waals surface area contributed by atoms with E-state index in [0.29, 0.717) is 0 Å². The first-order valence-electron chi connectivity index (χ1n) is 16.4. The number of fused-ring (bicyclic) bond motifs is 8. The normalized spacial score (nSPS) is 13.4. The molecule has 0 spiro atoms. The summed E-state index contributed by atoms with van der Waals surface area (Å²) in [6.45, 7) is 7.44. The van der Waals surface area contributed by atoms with Gasteiger partial charge in [-0.15, -0.1) is 0 Å². The van der Waals surface area contributed by atoms with E-state index in [1.807, 2.05) is 24.5 Å². The number of pyridine rings is 2. The molecule has 0 fully saturated rings. The van der Waals surface area contributed by atoms with Gasteiger partial charge in [-0.3, -0.25) is 4.57 Å². The first kappa shape index (κ1) is 28.4. The number of ether oxygens (including phenoxy) is 1. The maximum atomic E-state index is 6.61. The van der Waals surface area contributed by atoms with E-state index in [1.54, 1.807) is 0 Å². The molecule has 0 N–H and O–H groups in total. The predicted octanol–water partition coefficient (Wildman–Crippen LogP) is 9.85. The van der Waals surface area contributed by atoms with Gasteiger partial charge in [0.2, 0.25) is 0 Å².